The van der Waals surface area contributed by atoms with Crippen LogP contribution in [0.25, 0.3) is 33.0 Å². The van der Waals surface area contributed by atoms with Crippen molar-refractivity contribution in [3.8, 4) is 17.2 Å². The summed E-state index contributed by atoms with van der Waals surface area (Å²) in [5.41, 5.74) is 4.65. The number of nitrogens with zero attached hydrogens (tertiary/aromatic N) is 5. The van der Waals surface area contributed by atoms with E-state index in [0.29, 0.717) is 28.3 Å². The average molecular weight is 681 g/mol. The third kappa shape index (κ3) is 7.43. The van der Waals surface area contributed by atoms with Crippen LogP contribution in [0.5, 0.6) is 17.2 Å². The van der Waals surface area contributed by atoms with Crippen molar-refractivity contribution in [3.63, 3.8) is 0 Å². The number of benzene rings is 3. The molecule has 0 radical (unpaired) electrons. The number of rotatable bonds is 15. The van der Waals surface area contributed by atoms with Gasteiger partial charge in [-0.2, -0.15) is 0 Å². The number of nitrogens with one attached hydrogen (secondary N) is 1. The fourth-order valence-electron chi connectivity index (χ4n) is 7.58. The Morgan fingerprint density at radius 3 is 1.98 bits per heavy atom. The van der Waals surface area contributed by atoms with Crippen molar-refractivity contribution in [2.24, 2.45) is 17.8 Å². The molecular formula is C40H41AlN6O3. The predicted molar refractivity (Wildman–Crippen MR) is 197 cm³/mol. The monoisotopic (exact) mass is 680 g/mol. The van der Waals surface area contributed by atoms with E-state index in [4.69, 9.17) is 16.3 Å². The molecule has 3 aromatic carbocycles. The van der Waals surface area contributed by atoms with Gasteiger partial charge in [0.05, 0.1) is 11.0 Å². The van der Waals surface area contributed by atoms with Crippen LogP contribution in [0.15, 0.2) is 104 Å². The Kier molecular flexibility index (Phi) is 10.1. The molecule has 3 unspecified atom stereocenters. The predicted octanol–water partition coefficient (Wildman–Crippen LogP) is 8.29. The molecule has 2 bridgehead atoms. The van der Waals surface area contributed by atoms with Gasteiger partial charge in [0.2, 0.25) is 0 Å². The third-order valence-electron chi connectivity index (χ3n) is 10.1. The van der Waals surface area contributed by atoms with Gasteiger partial charge in [0, 0.05) is 42.9 Å². The standard InChI is InChI=1S/C24H32N2O.2C8H6N2O.Al/c27-23-13-12-21(22-7-5-15-26-24(22)23)17-25-14-4-2-1-3-6-20-16-18-8-10-19(20)11-9-18;2*11-7-3-1-2-6-8(7)10-5-4-9-6;/h5,7-8,10,12-13,15,18-20,25,27H,1-4,6,9,11,14,16-17H2;2*1-5,11H;/q;;;+3/p-3. The highest BCUT2D eigenvalue weighted by Crippen LogP contribution is 2.42. The van der Waals surface area contributed by atoms with Crippen LogP contribution in [-0.2, 0) is 6.54 Å². The van der Waals surface area contributed by atoms with Gasteiger partial charge < -0.3 is 16.7 Å². The molecule has 3 aliphatic carbocycles. The van der Waals surface area contributed by atoms with Crippen LogP contribution in [0.1, 0.15) is 56.9 Å². The molecule has 3 aliphatic rings. The van der Waals surface area contributed by atoms with Gasteiger partial charge in [-0.05, 0) is 98.4 Å². The first-order chi connectivity index (χ1) is 24.8. The van der Waals surface area contributed by atoms with Crippen LogP contribution >= 0.6 is 0 Å². The van der Waals surface area contributed by atoms with E-state index in [-0.39, 0.29) is 0 Å². The van der Waals surface area contributed by atoms with Crippen molar-refractivity contribution in [2.75, 3.05) is 6.54 Å². The highest BCUT2D eigenvalue weighted by Gasteiger charge is 2.46. The van der Waals surface area contributed by atoms with E-state index >= 15 is 0 Å². The van der Waals surface area contributed by atoms with E-state index in [0.717, 1.165) is 52.8 Å². The fraction of sp³-hybridized carbons (Fsp3) is 0.325. The Morgan fingerprint density at radius 2 is 1.30 bits per heavy atom. The molecule has 3 atom stereocenters. The van der Waals surface area contributed by atoms with Gasteiger partial charge in [0.1, 0.15) is 33.8 Å². The van der Waals surface area contributed by atoms with Gasteiger partial charge in [0.25, 0.3) is 0 Å². The summed E-state index contributed by atoms with van der Waals surface area (Å²) < 4.78 is 19.7. The van der Waals surface area contributed by atoms with Crippen LogP contribution in [0.2, 0.25) is 0 Å². The summed E-state index contributed by atoms with van der Waals surface area (Å²) in [5, 5.41) is 4.71. The summed E-state index contributed by atoms with van der Waals surface area (Å²) in [6.07, 6.45) is 24.2. The zero-order chi connectivity index (χ0) is 33.5. The van der Waals surface area contributed by atoms with E-state index in [1.54, 1.807) is 31.0 Å². The molecule has 6 aromatic rings. The highest BCUT2D eigenvalue weighted by molar-refractivity contribution is 6.40. The Bertz CT molecular complexity index is 2020. The minimum atomic E-state index is -3.00. The van der Waals surface area contributed by atoms with Crippen molar-refractivity contribution in [1.82, 2.24) is 30.2 Å². The first-order valence-corrected chi connectivity index (χ1v) is 19.3. The molecule has 3 heterocycles. The zero-order valence-electron chi connectivity index (χ0n) is 28.2. The van der Waals surface area contributed by atoms with E-state index in [2.05, 4.69) is 49.5 Å². The zero-order valence-corrected chi connectivity index (χ0v) is 29.3. The first-order valence-electron chi connectivity index (χ1n) is 17.9. The second kappa shape index (κ2) is 15.5. The van der Waals surface area contributed by atoms with Crippen molar-refractivity contribution in [2.45, 2.75) is 57.9 Å². The van der Waals surface area contributed by atoms with Gasteiger partial charge in [0.15, 0.2) is 0 Å². The number of para-hydroxylation sites is 2. The minimum Gasteiger partial charge on any atom is -0.576 e. The van der Waals surface area contributed by atoms with Gasteiger partial charge in [-0.25, -0.2) is 9.97 Å². The molecule has 50 heavy (non-hydrogen) atoms. The second-order valence-electron chi connectivity index (χ2n) is 13.4. The van der Waals surface area contributed by atoms with E-state index < -0.39 is 15.1 Å². The molecule has 9 nitrogen and oxygen atoms in total. The van der Waals surface area contributed by atoms with Crippen LogP contribution in [0.4, 0.5) is 0 Å². The lowest BCUT2D eigenvalue weighted by molar-refractivity contribution is 0.205. The Morgan fingerprint density at radius 1 is 0.620 bits per heavy atom. The topological polar surface area (TPSA) is 104 Å². The van der Waals surface area contributed by atoms with Crippen molar-refractivity contribution in [3.05, 3.63) is 109 Å². The van der Waals surface area contributed by atoms with Crippen LogP contribution in [0.3, 0.4) is 0 Å². The number of unbranched alkanes of at least 4 members (excludes halogenated alkanes) is 3. The second-order valence-corrected chi connectivity index (χ2v) is 14.7. The highest BCUT2D eigenvalue weighted by atomic mass is 27.3. The molecule has 0 aliphatic heterocycles. The largest absolute Gasteiger partial charge is 1.20 e. The number of pyridine rings is 1. The lowest BCUT2D eigenvalue weighted by Gasteiger charge is -2.38. The summed E-state index contributed by atoms with van der Waals surface area (Å²) in [6.45, 7) is 1.76. The average Bonchev–Trinajstić information content (AvgIpc) is 3.17. The van der Waals surface area contributed by atoms with Crippen LogP contribution in [-0.4, -0.2) is 46.6 Å². The molecule has 3 aromatic heterocycles. The molecule has 0 spiro atoms. The molecule has 0 saturated heterocycles. The van der Waals surface area contributed by atoms with Crippen molar-refractivity contribution >= 4 is 48.1 Å². The molecule has 9 rings (SSSR count). The number of fused-ring (bicyclic) bond motifs is 5. The summed E-state index contributed by atoms with van der Waals surface area (Å²) in [5.74, 6) is 4.32. The number of hydrogen-bond acceptors (Lipinski definition) is 9. The van der Waals surface area contributed by atoms with Gasteiger partial charge >= 0.3 is 15.1 Å². The maximum absolute atomic E-state index is 6.64. The summed E-state index contributed by atoms with van der Waals surface area (Å²) in [7, 11) is 0. The quantitative estimate of drug-likeness (QED) is 0.0652. The Labute approximate surface area is 297 Å². The van der Waals surface area contributed by atoms with Gasteiger partial charge in [-0.1, -0.05) is 55.7 Å². The minimum absolute atomic E-state index is 0.537. The lowest BCUT2D eigenvalue weighted by Crippen LogP contribution is -2.37. The summed E-state index contributed by atoms with van der Waals surface area (Å²) in [4.78, 5) is 22.7. The smallest absolute Gasteiger partial charge is 0.576 e. The van der Waals surface area contributed by atoms with E-state index in [1.165, 1.54) is 56.9 Å². The Hall–Kier alpha value is -4.62. The molecule has 0 amide bonds. The van der Waals surface area contributed by atoms with Gasteiger partial charge in [-0.15, -0.1) is 0 Å². The van der Waals surface area contributed by atoms with Gasteiger partial charge in [-0.3, -0.25) is 15.0 Å². The van der Waals surface area contributed by atoms with Crippen LogP contribution < -0.4 is 16.7 Å². The number of hydrogen-bond donors (Lipinski definition) is 1. The number of allylic oxidation sites excluding steroid dienone is 2. The maximum atomic E-state index is 6.64. The Balaban J connectivity index is 0.939. The third-order valence-corrected chi connectivity index (χ3v) is 11.5. The SMILES string of the molecule is C1=CC2CCC1CC2CCCCCCNCc1ccc([O][Al]([O]c2cccc3nccnc23)[O]c2cccc3nccnc23)c2ncccc12. The number of aromatic nitrogens is 5. The molecule has 10 heteroatoms. The fourth-order valence-corrected chi connectivity index (χ4v) is 8.91. The first kappa shape index (κ1) is 32.6. The van der Waals surface area contributed by atoms with Crippen molar-refractivity contribution in [1.29, 1.82) is 0 Å². The normalized spacial score (nSPS) is 18.1. The van der Waals surface area contributed by atoms with Crippen molar-refractivity contribution < 1.29 is 11.4 Å². The van der Waals surface area contributed by atoms with E-state index in [9.17, 15) is 0 Å². The van der Waals surface area contributed by atoms with E-state index in [1.807, 2.05) is 48.5 Å². The molecule has 1 saturated carbocycles. The summed E-state index contributed by atoms with van der Waals surface area (Å²) in [6, 6.07) is 19.4. The summed E-state index contributed by atoms with van der Waals surface area (Å²) >= 11 is -3.00. The molecule has 252 valence electrons. The lowest BCUT2D eigenvalue weighted by atomic mass is 9.67. The maximum Gasteiger partial charge on any atom is 1.20 e. The molecular weight excluding hydrogens is 639 g/mol. The molecule has 1 N–H and O–H groups in total. The van der Waals surface area contributed by atoms with Crippen LogP contribution in [0, 0.1) is 17.8 Å². The molecule has 1 fully saturated rings.